The topological polar surface area (TPSA) is 21.3 Å². The summed E-state index contributed by atoms with van der Waals surface area (Å²) in [4.78, 5) is 0. The van der Waals surface area contributed by atoms with Crippen LogP contribution >= 0.6 is 0 Å². The van der Waals surface area contributed by atoms with Gasteiger partial charge in [-0.2, -0.15) is 0 Å². The fourth-order valence-corrected chi connectivity index (χ4v) is 2.58. The van der Waals surface area contributed by atoms with Crippen molar-refractivity contribution in [2.75, 3.05) is 7.11 Å². The molecule has 0 bridgehead atoms. The second kappa shape index (κ2) is 6.58. The zero-order valence-corrected chi connectivity index (χ0v) is 12.7. The second-order valence-corrected chi connectivity index (χ2v) is 5.34. The third kappa shape index (κ3) is 3.61. The Kier molecular flexibility index (Phi) is 4.80. The molecule has 0 amide bonds. The Morgan fingerprint density at radius 1 is 1.05 bits per heavy atom. The first-order chi connectivity index (χ1) is 9.60. The van der Waals surface area contributed by atoms with E-state index in [1.807, 2.05) is 18.2 Å². The van der Waals surface area contributed by atoms with E-state index in [9.17, 15) is 0 Å². The highest BCUT2D eigenvalue weighted by Crippen LogP contribution is 2.24. The fraction of sp³-hybridized carbons (Fsp3) is 0.333. The lowest BCUT2D eigenvalue weighted by atomic mass is 10.1. The van der Waals surface area contributed by atoms with Gasteiger partial charge in [-0.1, -0.05) is 47.5 Å². The number of hydrogen-bond donors (Lipinski definition) is 1. The quantitative estimate of drug-likeness (QED) is 0.880. The summed E-state index contributed by atoms with van der Waals surface area (Å²) in [5.74, 6) is 0.938. The number of hydrogen-bond acceptors (Lipinski definition) is 2. The van der Waals surface area contributed by atoms with Crippen LogP contribution in [-0.4, -0.2) is 7.11 Å². The number of para-hydroxylation sites is 1. The molecular formula is C18H23NO. The molecule has 1 N–H and O–H groups in total. The standard InChI is InChI=1S/C18H23NO/c1-13-9-14(2)11-16(10-13)12-19-15(3)17-7-5-6-8-18(17)20-4/h5-11,15,19H,12H2,1-4H3/t15-/m0/s1. The van der Waals surface area contributed by atoms with Gasteiger partial charge in [-0.05, 0) is 32.4 Å². The SMILES string of the molecule is COc1ccccc1[C@H](C)NCc1cc(C)cc(C)c1. The van der Waals surface area contributed by atoms with Crippen molar-refractivity contribution in [3.63, 3.8) is 0 Å². The third-order valence-corrected chi connectivity index (χ3v) is 3.50. The number of ether oxygens (including phenoxy) is 1. The van der Waals surface area contributed by atoms with Gasteiger partial charge in [-0.3, -0.25) is 0 Å². The van der Waals surface area contributed by atoms with E-state index in [-0.39, 0.29) is 6.04 Å². The molecule has 0 heterocycles. The van der Waals surface area contributed by atoms with Crippen molar-refractivity contribution in [2.45, 2.75) is 33.4 Å². The molecule has 0 unspecified atom stereocenters. The average Bonchev–Trinajstić information content (AvgIpc) is 2.43. The molecule has 2 rings (SSSR count). The molecule has 0 aliphatic heterocycles. The second-order valence-electron chi connectivity index (χ2n) is 5.34. The Labute approximate surface area is 121 Å². The molecular weight excluding hydrogens is 246 g/mol. The summed E-state index contributed by atoms with van der Waals surface area (Å²) < 4.78 is 5.42. The van der Waals surface area contributed by atoms with Crippen LogP contribution in [0.15, 0.2) is 42.5 Å². The van der Waals surface area contributed by atoms with E-state index < -0.39 is 0 Å². The van der Waals surface area contributed by atoms with Crippen LogP contribution in [0.4, 0.5) is 0 Å². The first-order valence-corrected chi connectivity index (χ1v) is 7.03. The van der Waals surface area contributed by atoms with E-state index in [1.54, 1.807) is 7.11 Å². The zero-order chi connectivity index (χ0) is 14.5. The molecule has 0 aliphatic rings. The summed E-state index contributed by atoms with van der Waals surface area (Å²) in [7, 11) is 1.72. The van der Waals surface area contributed by atoms with Gasteiger partial charge in [0.15, 0.2) is 0 Å². The summed E-state index contributed by atoms with van der Waals surface area (Å²) in [6.07, 6.45) is 0. The monoisotopic (exact) mass is 269 g/mol. The molecule has 106 valence electrons. The summed E-state index contributed by atoms with van der Waals surface area (Å²) in [6, 6.07) is 15.1. The fourth-order valence-electron chi connectivity index (χ4n) is 2.58. The van der Waals surface area contributed by atoms with Gasteiger partial charge >= 0.3 is 0 Å². The van der Waals surface area contributed by atoms with Crippen LogP contribution in [-0.2, 0) is 6.54 Å². The average molecular weight is 269 g/mol. The molecule has 2 aromatic carbocycles. The molecule has 0 aliphatic carbocycles. The van der Waals surface area contributed by atoms with Crippen LogP contribution in [0.3, 0.4) is 0 Å². The minimum atomic E-state index is 0.256. The maximum atomic E-state index is 5.42. The van der Waals surface area contributed by atoms with Crippen LogP contribution in [0.25, 0.3) is 0 Å². The Balaban J connectivity index is 2.06. The summed E-state index contributed by atoms with van der Waals surface area (Å²) >= 11 is 0. The largest absolute Gasteiger partial charge is 0.496 e. The van der Waals surface area contributed by atoms with Crippen LogP contribution in [0, 0.1) is 13.8 Å². The van der Waals surface area contributed by atoms with Crippen molar-refractivity contribution in [3.8, 4) is 5.75 Å². The molecule has 1 atom stereocenters. The van der Waals surface area contributed by atoms with Crippen molar-refractivity contribution in [1.29, 1.82) is 0 Å². The lowest BCUT2D eigenvalue weighted by Crippen LogP contribution is -2.18. The lowest BCUT2D eigenvalue weighted by Gasteiger charge is -2.17. The number of methoxy groups -OCH3 is 1. The molecule has 0 saturated carbocycles. The Morgan fingerprint density at radius 2 is 1.70 bits per heavy atom. The van der Waals surface area contributed by atoms with Gasteiger partial charge in [0.2, 0.25) is 0 Å². The third-order valence-electron chi connectivity index (χ3n) is 3.50. The zero-order valence-electron chi connectivity index (χ0n) is 12.7. The van der Waals surface area contributed by atoms with Gasteiger partial charge in [0, 0.05) is 18.2 Å². The van der Waals surface area contributed by atoms with Crippen molar-refractivity contribution < 1.29 is 4.74 Å². The predicted molar refractivity (Wildman–Crippen MR) is 84.2 cm³/mol. The smallest absolute Gasteiger partial charge is 0.123 e. The molecule has 0 spiro atoms. The first-order valence-electron chi connectivity index (χ1n) is 7.03. The molecule has 2 nitrogen and oxygen atoms in total. The van der Waals surface area contributed by atoms with Crippen LogP contribution < -0.4 is 10.1 Å². The maximum Gasteiger partial charge on any atom is 0.123 e. The molecule has 2 heteroatoms. The van der Waals surface area contributed by atoms with E-state index in [4.69, 9.17) is 4.74 Å². The number of aryl methyl sites for hydroxylation is 2. The van der Waals surface area contributed by atoms with Crippen LogP contribution in [0.1, 0.15) is 35.2 Å². The van der Waals surface area contributed by atoms with E-state index in [0.29, 0.717) is 0 Å². The van der Waals surface area contributed by atoms with Crippen molar-refractivity contribution >= 4 is 0 Å². The number of nitrogens with one attached hydrogen (secondary N) is 1. The van der Waals surface area contributed by atoms with Gasteiger partial charge in [-0.15, -0.1) is 0 Å². The van der Waals surface area contributed by atoms with Gasteiger partial charge in [0.25, 0.3) is 0 Å². The van der Waals surface area contributed by atoms with Crippen molar-refractivity contribution in [2.24, 2.45) is 0 Å². The number of rotatable bonds is 5. The predicted octanol–water partition coefficient (Wildman–Crippen LogP) is 4.16. The Bertz CT molecular complexity index is 557. The summed E-state index contributed by atoms with van der Waals surface area (Å²) in [5.41, 5.74) is 5.14. The normalized spacial score (nSPS) is 12.2. The van der Waals surface area contributed by atoms with Crippen LogP contribution in [0.2, 0.25) is 0 Å². The molecule has 2 aromatic rings. The van der Waals surface area contributed by atoms with Gasteiger partial charge in [-0.25, -0.2) is 0 Å². The van der Waals surface area contributed by atoms with E-state index in [0.717, 1.165) is 12.3 Å². The molecule has 0 aromatic heterocycles. The Hall–Kier alpha value is -1.80. The van der Waals surface area contributed by atoms with E-state index in [1.165, 1.54) is 22.3 Å². The van der Waals surface area contributed by atoms with Crippen molar-refractivity contribution in [1.82, 2.24) is 5.32 Å². The number of benzene rings is 2. The van der Waals surface area contributed by atoms with Gasteiger partial charge in [0.05, 0.1) is 7.11 Å². The maximum absolute atomic E-state index is 5.42. The first kappa shape index (κ1) is 14.6. The molecule has 0 saturated heterocycles. The molecule has 0 fully saturated rings. The highest BCUT2D eigenvalue weighted by Gasteiger charge is 2.10. The minimum Gasteiger partial charge on any atom is -0.496 e. The van der Waals surface area contributed by atoms with Crippen molar-refractivity contribution in [3.05, 3.63) is 64.7 Å². The van der Waals surface area contributed by atoms with E-state index >= 15 is 0 Å². The minimum absolute atomic E-state index is 0.256. The van der Waals surface area contributed by atoms with Gasteiger partial charge in [0.1, 0.15) is 5.75 Å². The highest BCUT2D eigenvalue weighted by atomic mass is 16.5. The lowest BCUT2D eigenvalue weighted by molar-refractivity contribution is 0.401. The summed E-state index contributed by atoms with van der Waals surface area (Å²) in [6.45, 7) is 7.31. The van der Waals surface area contributed by atoms with Crippen LogP contribution in [0.5, 0.6) is 5.75 Å². The van der Waals surface area contributed by atoms with Gasteiger partial charge < -0.3 is 10.1 Å². The molecule has 0 radical (unpaired) electrons. The summed E-state index contributed by atoms with van der Waals surface area (Å²) in [5, 5.41) is 3.56. The Morgan fingerprint density at radius 3 is 2.35 bits per heavy atom. The van der Waals surface area contributed by atoms with E-state index in [2.05, 4.69) is 50.4 Å². The highest BCUT2D eigenvalue weighted by molar-refractivity contribution is 5.35. The molecule has 20 heavy (non-hydrogen) atoms.